The second-order valence-corrected chi connectivity index (χ2v) is 5.31. The van der Waals surface area contributed by atoms with Gasteiger partial charge in [0.05, 0.1) is 12.8 Å². The monoisotopic (exact) mass is 322 g/mol. The van der Waals surface area contributed by atoms with Crippen molar-refractivity contribution in [2.24, 2.45) is 5.10 Å². The molecule has 2 N–H and O–H groups in total. The van der Waals surface area contributed by atoms with Crippen LogP contribution in [0.2, 0.25) is 0 Å². The van der Waals surface area contributed by atoms with Crippen LogP contribution in [0, 0.1) is 9.54 Å². The summed E-state index contributed by atoms with van der Waals surface area (Å²) in [6.45, 7) is 2.94. The quantitative estimate of drug-likeness (QED) is 0.459. The minimum atomic E-state index is 0.437. The highest BCUT2D eigenvalue weighted by Crippen LogP contribution is 2.12. The first-order chi connectivity index (χ1) is 10.2. The summed E-state index contributed by atoms with van der Waals surface area (Å²) in [5.41, 5.74) is 0.952. The lowest BCUT2D eigenvalue weighted by Crippen LogP contribution is -1.97. The van der Waals surface area contributed by atoms with E-state index in [1.54, 1.807) is 6.21 Å². The highest BCUT2D eigenvalue weighted by atomic mass is 32.1. The Balaban J connectivity index is 1.96. The Kier molecular flexibility index (Phi) is 5.89. The molecular formula is C14H18N4OS2. The van der Waals surface area contributed by atoms with Crippen LogP contribution in [-0.2, 0) is 0 Å². The molecule has 112 valence electrons. The number of unbranched alkanes of at least 4 members (excludes halogenated alkanes) is 2. The number of rotatable bonds is 7. The molecule has 1 aromatic heterocycles. The molecule has 0 radical (unpaired) electrons. The van der Waals surface area contributed by atoms with Gasteiger partial charge in [0.15, 0.2) is 0 Å². The number of aromatic amines is 2. The molecule has 7 heteroatoms. The number of aromatic nitrogens is 3. The molecule has 0 fully saturated rings. The molecule has 0 aliphatic rings. The van der Waals surface area contributed by atoms with Gasteiger partial charge in [-0.05, 0) is 60.7 Å². The van der Waals surface area contributed by atoms with Crippen LogP contribution >= 0.6 is 24.4 Å². The van der Waals surface area contributed by atoms with E-state index in [1.165, 1.54) is 17.5 Å². The molecule has 1 heterocycles. The topological polar surface area (TPSA) is 58.1 Å². The predicted octanol–water partition coefficient (Wildman–Crippen LogP) is 4.05. The standard InChI is InChI=1S/C14H18N4OS2/c1-2-3-4-9-19-12-7-5-11(6-8-12)10-15-18-13(20)16-17-14(18)21/h5-8,10H,2-4,9H2,1H3,(H,16,20)(H,17,21)/b15-10-. The molecule has 0 aliphatic carbocycles. The number of nitrogens with zero attached hydrogens (tertiary/aromatic N) is 2. The zero-order valence-electron chi connectivity index (χ0n) is 11.8. The number of nitrogens with one attached hydrogen (secondary N) is 2. The number of hydrogen-bond acceptors (Lipinski definition) is 4. The molecule has 0 atom stereocenters. The highest BCUT2D eigenvalue weighted by molar-refractivity contribution is 7.72. The molecular weight excluding hydrogens is 304 g/mol. The molecule has 0 unspecified atom stereocenters. The van der Waals surface area contributed by atoms with Crippen molar-refractivity contribution in [1.82, 2.24) is 14.9 Å². The lowest BCUT2D eigenvalue weighted by Gasteiger charge is -2.05. The average molecular weight is 322 g/mol. The molecule has 21 heavy (non-hydrogen) atoms. The lowest BCUT2D eigenvalue weighted by atomic mass is 10.2. The predicted molar refractivity (Wildman–Crippen MR) is 89.3 cm³/mol. The molecule has 1 aromatic carbocycles. The Hall–Kier alpha value is -1.73. The molecule has 5 nitrogen and oxygen atoms in total. The first-order valence-electron chi connectivity index (χ1n) is 6.87. The third kappa shape index (κ3) is 4.64. The average Bonchev–Trinajstić information content (AvgIpc) is 2.82. The lowest BCUT2D eigenvalue weighted by molar-refractivity contribution is 0.306. The van der Waals surface area contributed by atoms with Crippen molar-refractivity contribution in [2.75, 3.05) is 6.61 Å². The van der Waals surface area contributed by atoms with Gasteiger partial charge in [-0.2, -0.15) is 9.78 Å². The van der Waals surface area contributed by atoms with Crippen LogP contribution in [0.5, 0.6) is 5.75 Å². The number of hydrogen-bond donors (Lipinski definition) is 2. The van der Waals surface area contributed by atoms with E-state index in [4.69, 9.17) is 29.2 Å². The van der Waals surface area contributed by atoms with Crippen LogP contribution in [-0.4, -0.2) is 27.7 Å². The Morgan fingerprint density at radius 3 is 2.43 bits per heavy atom. The summed E-state index contributed by atoms with van der Waals surface area (Å²) < 4.78 is 7.99. The van der Waals surface area contributed by atoms with Crippen molar-refractivity contribution in [3.05, 3.63) is 39.4 Å². The fourth-order valence-electron chi connectivity index (χ4n) is 1.73. The number of H-pyrrole nitrogens is 2. The minimum absolute atomic E-state index is 0.437. The van der Waals surface area contributed by atoms with Gasteiger partial charge in [-0.1, -0.05) is 19.8 Å². The number of benzene rings is 1. The highest BCUT2D eigenvalue weighted by Gasteiger charge is 1.96. The van der Waals surface area contributed by atoms with Crippen molar-refractivity contribution in [3.63, 3.8) is 0 Å². The molecule has 0 amide bonds. The normalized spacial score (nSPS) is 11.1. The molecule has 0 aliphatic heterocycles. The van der Waals surface area contributed by atoms with Crippen LogP contribution < -0.4 is 4.74 Å². The van der Waals surface area contributed by atoms with Gasteiger partial charge >= 0.3 is 0 Å². The summed E-state index contributed by atoms with van der Waals surface area (Å²) in [6.07, 6.45) is 5.18. The van der Waals surface area contributed by atoms with Crippen molar-refractivity contribution < 1.29 is 4.74 Å². The van der Waals surface area contributed by atoms with Gasteiger partial charge in [-0.3, -0.25) is 10.2 Å². The zero-order chi connectivity index (χ0) is 15.1. The van der Waals surface area contributed by atoms with Crippen molar-refractivity contribution in [1.29, 1.82) is 0 Å². The van der Waals surface area contributed by atoms with Crippen molar-refractivity contribution >= 4 is 30.7 Å². The van der Waals surface area contributed by atoms with Gasteiger partial charge < -0.3 is 4.74 Å². The van der Waals surface area contributed by atoms with Crippen molar-refractivity contribution in [3.8, 4) is 5.75 Å². The van der Waals surface area contributed by atoms with E-state index in [9.17, 15) is 0 Å². The van der Waals surface area contributed by atoms with E-state index in [-0.39, 0.29) is 0 Å². The van der Waals surface area contributed by atoms with E-state index in [2.05, 4.69) is 22.2 Å². The van der Waals surface area contributed by atoms with Crippen LogP contribution in [0.1, 0.15) is 31.7 Å². The third-order valence-electron chi connectivity index (χ3n) is 2.88. The molecule has 2 rings (SSSR count). The summed E-state index contributed by atoms with van der Waals surface area (Å²) in [7, 11) is 0. The second kappa shape index (κ2) is 7.90. The van der Waals surface area contributed by atoms with Crippen LogP contribution in [0.4, 0.5) is 0 Å². The SMILES string of the molecule is CCCCCOc1ccc(/C=N\n2c(=S)[nH][nH]c2=S)cc1. The van der Waals surface area contributed by atoms with E-state index in [0.29, 0.717) is 9.54 Å². The van der Waals surface area contributed by atoms with Gasteiger partial charge in [-0.25, -0.2) is 0 Å². The molecule has 0 saturated carbocycles. The van der Waals surface area contributed by atoms with E-state index < -0.39 is 0 Å². The molecule has 0 spiro atoms. The Morgan fingerprint density at radius 1 is 1.14 bits per heavy atom. The number of ether oxygens (including phenoxy) is 1. The van der Waals surface area contributed by atoms with Gasteiger partial charge in [0, 0.05) is 0 Å². The Bertz CT molecular complexity index is 669. The summed E-state index contributed by atoms with van der Waals surface area (Å²) in [4.78, 5) is 0. The summed E-state index contributed by atoms with van der Waals surface area (Å²) in [6, 6.07) is 7.76. The maximum atomic E-state index is 5.66. The van der Waals surface area contributed by atoms with Gasteiger partial charge in [0.1, 0.15) is 5.75 Å². The van der Waals surface area contributed by atoms with Crippen LogP contribution in [0.15, 0.2) is 29.4 Å². The molecule has 0 saturated heterocycles. The fraction of sp³-hybridized carbons (Fsp3) is 0.357. The maximum Gasteiger partial charge on any atom is 0.215 e. The van der Waals surface area contributed by atoms with E-state index >= 15 is 0 Å². The molecule has 0 bridgehead atoms. The Morgan fingerprint density at radius 2 is 1.81 bits per heavy atom. The fourth-order valence-corrected chi connectivity index (χ4v) is 2.16. The van der Waals surface area contributed by atoms with E-state index in [1.807, 2.05) is 24.3 Å². The zero-order valence-corrected chi connectivity index (χ0v) is 13.5. The van der Waals surface area contributed by atoms with Gasteiger partial charge in [0.25, 0.3) is 0 Å². The summed E-state index contributed by atoms with van der Waals surface area (Å²) in [5.74, 6) is 0.874. The maximum absolute atomic E-state index is 5.66. The third-order valence-corrected chi connectivity index (χ3v) is 3.43. The van der Waals surface area contributed by atoms with Crippen LogP contribution in [0.3, 0.4) is 0 Å². The van der Waals surface area contributed by atoms with Gasteiger partial charge in [0.2, 0.25) is 9.54 Å². The van der Waals surface area contributed by atoms with Crippen LogP contribution in [0.25, 0.3) is 0 Å². The molecule has 2 aromatic rings. The smallest absolute Gasteiger partial charge is 0.215 e. The summed E-state index contributed by atoms with van der Waals surface area (Å²) >= 11 is 10.1. The van der Waals surface area contributed by atoms with Crippen molar-refractivity contribution in [2.45, 2.75) is 26.2 Å². The minimum Gasteiger partial charge on any atom is -0.494 e. The first-order valence-corrected chi connectivity index (χ1v) is 7.69. The Labute approximate surface area is 133 Å². The first kappa shape index (κ1) is 15.7. The summed E-state index contributed by atoms with van der Waals surface area (Å²) in [5, 5.41) is 9.69. The van der Waals surface area contributed by atoms with Gasteiger partial charge in [-0.15, -0.1) is 0 Å². The largest absolute Gasteiger partial charge is 0.494 e. The van der Waals surface area contributed by atoms with E-state index in [0.717, 1.165) is 24.3 Å². The second-order valence-electron chi connectivity index (χ2n) is 4.54.